The summed E-state index contributed by atoms with van der Waals surface area (Å²) in [5.41, 5.74) is 2.82. The van der Waals surface area contributed by atoms with Crippen LogP contribution < -0.4 is 5.43 Å². The van der Waals surface area contributed by atoms with Gasteiger partial charge in [-0.3, -0.25) is 10.4 Å². The standard InChI is InChI=1S/C5H6N4/c1-2-4-5(6-3-1)8-9-7-4/h1-5H,(H,7,8). The van der Waals surface area contributed by atoms with E-state index in [2.05, 4.69) is 20.8 Å². The van der Waals surface area contributed by atoms with Crippen molar-refractivity contribution >= 4 is 6.21 Å². The molecule has 2 heterocycles. The molecule has 0 aromatic heterocycles. The lowest BCUT2D eigenvalue weighted by atomic mass is 10.2. The van der Waals surface area contributed by atoms with Crippen molar-refractivity contribution in [1.29, 1.82) is 0 Å². The van der Waals surface area contributed by atoms with E-state index in [1.54, 1.807) is 6.21 Å². The molecule has 2 unspecified atom stereocenters. The van der Waals surface area contributed by atoms with Crippen molar-refractivity contribution in [3.8, 4) is 0 Å². The van der Waals surface area contributed by atoms with Crippen LogP contribution in [-0.2, 0) is 0 Å². The lowest BCUT2D eigenvalue weighted by Gasteiger charge is -2.09. The largest absolute Gasteiger partial charge is 0.281 e. The lowest BCUT2D eigenvalue weighted by Crippen LogP contribution is -2.28. The molecule has 2 aliphatic heterocycles. The second-order valence-electron chi connectivity index (χ2n) is 1.97. The van der Waals surface area contributed by atoms with Gasteiger partial charge in [-0.2, -0.15) is 0 Å². The number of allylic oxidation sites excluding steroid dienone is 1. The van der Waals surface area contributed by atoms with Crippen LogP contribution in [0.2, 0.25) is 0 Å². The van der Waals surface area contributed by atoms with E-state index >= 15 is 0 Å². The highest BCUT2D eigenvalue weighted by Crippen LogP contribution is 2.11. The predicted molar refractivity (Wildman–Crippen MR) is 33.2 cm³/mol. The molecule has 0 radical (unpaired) electrons. The lowest BCUT2D eigenvalue weighted by molar-refractivity contribution is 0.610. The van der Waals surface area contributed by atoms with Gasteiger partial charge in [0.15, 0.2) is 6.17 Å². The van der Waals surface area contributed by atoms with Crippen LogP contribution in [-0.4, -0.2) is 18.4 Å². The molecule has 4 heteroatoms. The summed E-state index contributed by atoms with van der Waals surface area (Å²) in [4.78, 5) is 4.06. The Morgan fingerprint density at radius 1 is 1.44 bits per heavy atom. The monoisotopic (exact) mass is 122 g/mol. The van der Waals surface area contributed by atoms with Gasteiger partial charge in [-0.1, -0.05) is 11.3 Å². The molecule has 0 aliphatic carbocycles. The molecule has 0 aromatic carbocycles. The molecule has 0 saturated heterocycles. The van der Waals surface area contributed by atoms with Gasteiger partial charge in [-0.15, -0.1) is 5.11 Å². The number of nitrogens with zero attached hydrogens (tertiary/aromatic N) is 3. The van der Waals surface area contributed by atoms with Crippen LogP contribution in [0.4, 0.5) is 0 Å². The van der Waals surface area contributed by atoms with Gasteiger partial charge in [0.25, 0.3) is 0 Å². The molecular weight excluding hydrogens is 116 g/mol. The Morgan fingerprint density at radius 3 is 3.33 bits per heavy atom. The van der Waals surface area contributed by atoms with E-state index in [-0.39, 0.29) is 12.2 Å². The molecule has 0 bridgehead atoms. The summed E-state index contributed by atoms with van der Waals surface area (Å²) in [6.45, 7) is 0. The van der Waals surface area contributed by atoms with E-state index in [4.69, 9.17) is 0 Å². The van der Waals surface area contributed by atoms with Crippen LogP contribution in [0, 0.1) is 0 Å². The Hall–Kier alpha value is -1.19. The Morgan fingerprint density at radius 2 is 2.44 bits per heavy atom. The number of hydrogen-bond acceptors (Lipinski definition) is 4. The van der Waals surface area contributed by atoms with Gasteiger partial charge in [0.1, 0.15) is 6.04 Å². The highest BCUT2D eigenvalue weighted by molar-refractivity contribution is 5.72. The smallest absolute Gasteiger partial charge is 0.187 e. The zero-order valence-corrected chi connectivity index (χ0v) is 4.73. The van der Waals surface area contributed by atoms with Crippen molar-refractivity contribution in [2.75, 3.05) is 0 Å². The highest BCUT2D eigenvalue weighted by Gasteiger charge is 2.22. The third kappa shape index (κ3) is 0.630. The van der Waals surface area contributed by atoms with Gasteiger partial charge in [-0.25, -0.2) is 0 Å². The van der Waals surface area contributed by atoms with Crippen molar-refractivity contribution in [2.24, 2.45) is 15.3 Å². The molecule has 2 rings (SSSR count). The fourth-order valence-corrected chi connectivity index (χ4v) is 0.870. The Kier molecular flexibility index (Phi) is 0.855. The molecule has 2 atom stereocenters. The van der Waals surface area contributed by atoms with Crippen molar-refractivity contribution in [3.63, 3.8) is 0 Å². The molecule has 9 heavy (non-hydrogen) atoms. The summed E-state index contributed by atoms with van der Waals surface area (Å²) < 4.78 is 0. The van der Waals surface area contributed by atoms with Gasteiger partial charge in [-0.05, 0) is 6.08 Å². The molecule has 0 spiro atoms. The van der Waals surface area contributed by atoms with Gasteiger partial charge in [0, 0.05) is 6.21 Å². The fraction of sp³-hybridized carbons (Fsp3) is 0.400. The number of dihydropyridines is 1. The Bertz CT molecular complexity index is 193. The molecule has 0 saturated carbocycles. The third-order valence-corrected chi connectivity index (χ3v) is 1.35. The maximum absolute atomic E-state index is 4.06. The topological polar surface area (TPSA) is 49.1 Å². The molecule has 2 aliphatic rings. The molecule has 46 valence electrons. The van der Waals surface area contributed by atoms with E-state index in [1.807, 2.05) is 12.2 Å². The first kappa shape index (κ1) is 4.67. The minimum absolute atomic E-state index is 0.00463. The van der Waals surface area contributed by atoms with E-state index in [9.17, 15) is 0 Å². The van der Waals surface area contributed by atoms with Crippen LogP contribution in [0.5, 0.6) is 0 Å². The predicted octanol–water partition coefficient (Wildman–Crippen LogP) is 0.292. The molecular formula is C5H6N4. The molecule has 0 aromatic rings. The SMILES string of the molecule is C1=CC2NN=NC2N=C1. The van der Waals surface area contributed by atoms with E-state index < -0.39 is 0 Å². The van der Waals surface area contributed by atoms with Crippen molar-refractivity contribution < 1.29 is 0 Å². The van der Waals surface area contributed by atoms with Crippen molar-refractivity contribution in [3.05, 3.63) is 12.2 Å². The highest BCUT2D eigenvalue weighted by atomic mass is 15.5. The van der Waals surface area contributed by atoms with E-state index in [0.717, 1.165) is 0 Å². The zero-order chi connectivity index (χ0) is 6.10. The zero-order valence-electron chi connectivity index (χ0n) is 4.73. The molecule has 0 amide bonds. The molecule has 1 N–H and O–H groups in total. The first-order chi connectivity index (χ1) is 4.47. The summed E-state index contributed by atoms with van der Waals surface area (Å²) in [7, 11) is 0. The second-order valence-corrected chi connectivity index (χ2v) is 1.97. The van der Waals surface area contributed by atoms with Crippen LogP contribution in [0.3, 0.4) is 0 Å². The summed E-state index contributed by atoms with van der Waals surface area (Å²) in [6, 6.07) is 0.204. The van der Waals surface area contributed by atoms with Gasteiger partial charge in [0.2, 0.25) is 0 Å². The van der Waals surface area contributed by atoms with Gasteiger partial charge in [0.05, 0.1) is 0 Å². The molecule has 0 fully saturated rings. The van der Waals surface area contributed by atoms with Gasteiger partial charge < -0.3 is 0 Å². The van der Waals surface area contributed by atoms with E-state index in [1.165, 1.54) is 0 Å². The normalized spacial score (nSPS) is 36.4. The summed E-state index contributed by atoms with van der Waals surface area (Å²) in [6.07, 6.45) is 5.63. The number of rotatable bonds is 0. The number of hydrogen-bond donors (Lipinski definition) is 1. The van der Waals surface area contributed by atoms with Crippen molar-refractivity contribution in [2.45, 2.75) is 12.2 Å². The van der Waals surface area contributed by atoms with Gasteiger partial charge >= 0.3 is 0 Å². The first-order valence-electron chi connectivity index (χ1n) is 2.82. The third-order valence-electron chi connectivity index (χ3n) is 1.35. The van der Waals surface area contributed by atoms with E-state index in [0.29, 0.717) is 0 Å². The minimum Gasteiger partial charge on any atom is -0.281 e. The number of aliphatic imine (C=N–C) groups is 1. The summed E-state index contributed by atoms with van der Waals surface area (Å²) in [5.74, 6) is 0. The van der Waals surface area contributed by atoms with Crippen LogP contribution in [0.15, 0.2) is 27.5 Å². The van der Waals surface area contributed by atoms with Crippen LogP contribution in [0.25, 0.3) is 0 Å². The second kappa shape index (κ2) is 1.65. The van der Waals surface area contributed by atoms with Crippen molar-refractivity contribution in [1.82, 2.24) is 5.43 Å². The minimum atomic E-state index is -0.00463. The maximum Gasteiger partial charge on any atom is 0.187 e. The summed E-state index contributed by atoms with van der Waals surface area (Å²) in [5, 5.41) is 7.46. The maximum atomic E-state index is 4.06. The number of fused-ring (bicyclic) bond motifs is 1. The molecule has 4 nitrogen and oxygen atoms in total. The average molecular weight is 122 g/mol. The average Bonchev–Trinajstić information content (AvgIpc) is 2.33. The summed E-state index contributed by atoms with van der Waals surface area (Å²) >= 11 is 0. The van der Waals surface area contributed by atoms with Crippen LogP contribution >= 0.6 is 0 Å². The quantitative estimate of drug-likeness (QED) is 0.493. The number of nitrogens with one attached hydrogen (secondary N) is 1. The first-order valence-corrected chi connectivity index (χ1v) is 2.82. The Balaban J connectivity index is 2.25. The fourth-order valence-electron chi connectivity index (χ4n) is 0.870. The Labute approximate surface area is 52.4 Å². The van der Waals surface area contributed by atoms with Crippen LogP contribution in [0.1, 0.15) is 0 Å².